The highest BCUT2D eigenvalue weighted by Gasteiger charge is 2.09. The molecule has 0 unspecified atom stereocenters. The standard InChI is InChI=1S/C25H22N2O4/c1-2-29-24-15-18(16-26-27-25(28)23-11-6-14-30-23)12-13-22(24)31-17-20-9-5-8-19-7-3-4-10-21(19)20/h3-16H,2,17H2,1H3,(H,27,28)/b26-16-. The summed E-state index contributed by atoms with van der Waals surface area (Å²) >= 11 is 0. The molecule has 1 N–H and O–H groups in total. The number of hydrogen-bond acceptors (Lipinski definition) is 5. The van der Waals surface area contributed by atoms with E-state index in [1.807, 2.05) is 43.3 Å². The molecule has 1 heterocycles. The predicted molar refractivity (Wildman–Crippen MR) is 120 cm³/mol. The Hall–Kier alpha value is -4.06. The molecule has 1 aromatic heterocycles. The van der Waals surface area contributed by atoms with Gasteiger partial charge in [-0.3, -0.25) is 4.79 Å². The lowest BCUT2D eigenvalue weighted by Crippen LogP contribution is -2.16. The molecule has 4 aromatic rings. The van der Waals surface area contributed by atoms with Crippen LogP contribution in [0.2, 0.25) is 0 Å². The Morgan fingerprint density at radius 3 is 2.71 bits per heavy atom. The Bertz CT molecular complexity index is 1190. The van der Waals surface area contributed by atoms with Gasteiger partial charge in [0.15, 0.2) is 17.3 Å². The van der Waals surface area contributed by atoms with Crippen LogP contribution in [0.15, 0.2) is 88.6 Å². The summed E-state index contributed by atoms with van der Waals surface area (Å²) in [4.78, 5) is 11.9. The van der Waals surface area contributed by atoms with Crippen molar-refractivity contribution in [3.8, 4) is 11.5 Å². The normalized spacial score (nSPS) is 11.0. The SMILES string of the molecule is CCOc1cc(/C=N\NC(=O)c2ccco2)ccc1OCc1cccc2ccccc12. The number of nitrogens with zero attached hydrogens (tertiary/aromatic N) is 1. The van der Waals surface area contributed by atoms with Gasteiger partial charge in [0.2, 0.25) is 0 Å². The number of fused-ring (bicyclic) bond motifs is 1. The molecular weight excluding hydrogens is 392 g/mol. The summed E-state index contributed by atoms with van der Waals surface area (Å²) in [6.45, 7) is 2.84. The number of benzene rings is 3. The second-order valence-corrected chi connectivity index (χ2v) is 6.74. The summed E-state index contributed by atoms with van der Waals surface area (Å²) in [5.74, 6) is 1.04. The molecule has 0 atom stereocenters. The molecule has 0 saturated heterocycles. The first-order valence-corrected chi connectivity index (χ1v) is 9.98. The summed E-state index contributed by atoms with van der Waals surface area (Å²) in [7, 11) is 0. The maximum atomic E-state index is 11.9. The molecule has 0 aliphatic heterocycles. The van der Waals surface area contributed by atoms with Crippen LogP contribution in [-0.2, 0) is 6.61 Å². The first kappa shape index (κ1) is 20.2. The molecule has 0 bridgehead atoms. The average molecular weight is 414 g/mol. The van der Waals surface area contributed by atoms with Gasteiger partial charge in [-0.1, -0.05) is 42.5 Å². The second-order valence-electron chi connectivity index (χ2n) is 6.74. The van der Waals surface area contributed by atoms with Crippen LogP contribution in [0.5, 0.6) is 11.5 Å². The van der Waals surface area contributed by atoms with Crippen LogP contribution in [0.1, 0.15) is 28.6 Å². The summed E-state index contributed by atoms with van der Waals surface area (Å²) in [6, 6.07) is 23.1. The molecule has 6 nitrogen and oxygen atoms in total. The number of ether oxygens (including phenoxy) is 2. The molecular formula is C25H22N2O4. The third-order valence-electron chi connectivity index (χ3n) is 4.66. The number of carbonyl (C=O) groups excluding carboxylic acids is 1. The van der Waals surface area contributed by atoms with Crippen molar-refractivity contribution in [3.63, 3.8) is 0 Å². The highest BCUT2D eigenvalue weighted by atomic mass is 16.5. The Morgan fingerprint density at radius 1 is 1.00 bits per heavy atom. The van der Waals surface area contributed by atoms with Crippen LogP contribution in [0.3, 0.4) is 0 Å². The summed E-state index contributed by atoms with van der Waals surface area (Å²) in [5.41, 5.74) is 4.30. The van der Waals surface area contributed by atoms with E-state index in [0.717, 1.165) is 11.1 Å². The lowest BCUT2D eigenvalue weighted by atomic mass is 10.1. The van der Waals surface area contributed by atoms with E-state index in [0.29, 0.717) is 24.7 Å². The Morgan fingerprint density at radius 2 is 1.87 bits per heavy atom. The zero-order chi connectivity index (χ0) is 21.5. The minimum atomic E-state index is -0.415. The van der Waals surface area contributed by atoms with Gasteiger partial charge in [-0.25, -0.2) is 5.43 Å². The number of hydrogen-bond donors (Lipinski definition) is 1. The molecule has 156 valence electrons. The van der Waals surface area contributed by atoms with Crippen molar-refractivity contribution in [1.82, 2.24) is 5.43 Å². The topological polar surface area (TPSA) is 73.1 Å². The van der Waals surface area contributed by atoms with Crippen LogP contribution >= 0.6 is 0 Å². The minimum absolute atomic E-state index is 0.198. The molecule has 0 aliphatic carbocycles. The summed E-state index contributed by atoms with van der Waals surface area (Å²) in [6.07, 6.45) is 2.97. The van der Waals surface area contributed by atoms with Gasteiger partial charge < -0.3 is 13.9 Å². The highest BCUT2D eigenvalue weighted by molar-refractivity contribution is 5.92. The first-order valence-electron chi connectivity index (χ1n) is 9.98. The van der Waals surface area contributed by atoms with Crippen molar-refractivity contribution in [2.75, 3.05) is 6.61 Å². The van der Waals surface area contributed by atoms with Gasteiger partial charge in [0.1, 0.15) is 6.61 Å². The van der Waals surface area contributed by atoms with Gasteiger partial charge in [-0.2, -0.15) is 5.10 Å². The van der Waals surface area contributed by atoms with Crippen molar-refractivity contribution >= 4 is 22.9 Å². The second kappa shape index (κ2) is 9.63. The zero-order valence-electron chi connectivity index (χ0n) is 17.1. The van der Waals surface area contributed by atoms with Crippen LogP contribution < -0.4 is 14.9 Å². The molecule has 6 heteroatoms. The van der Waals surface area contributed by atoms with Gasteiger partial charge in [0, 0.05) is 0 Å². The quantitative estimate of drug-likeness (QED) is 0.319. The van der Waals surface area contributed by atoms with E-state index in [1.165, 1.54) is 23.3 Å². The molecule has 4 rings (SSSR count). The molecule has 0 radical (unpaired) electrons. The molecule has 3 aromatic carbocycles. The average Bonchev–Trinajstić information content (AvgIpc) is 3.34. The van der Waals surface area contributed by atoms with E-state index >= 15 is 0 Å². The van der Waals surface area contributed by atoms with Gasteiger partial charge in [0.25, 0.3) is 0 Å². The van der Waals surface area contributed by atoms with E-state index in [9.17, 15) is 4.79 Å². The highest BCUT2D eigenvalue weighted by Crippen LogP contribution is 2.30. The summed E-state index contributed by atoms with van der Waals surface area (Å²) in [5, 5.41) is 6.32. The molecule has 0 spiro atoms. The largest absolute Gasteiger partial charge is 0.490 e. The molecule has 31 heavy (non-hydrogen) atoms. The van der Waals surface area contributed by atoms with E-state index in [1.54, 1.807) is 12.1 Å². The Labute approximate surface area is 180 Å². The number of rotatable bonds is 8. The number of amides is 1. The van der Waals surface area contributed by atoms with E-state index < -0.39 is 5.91 Å². The maximum Gasteiger partial charge on any atom is 0.307 e. The van der Waals surface area contributed by atoms with Crippen LogP contribution in [-0.4, -0.2) is 18.7 Å². The van der Waals surface area contributed by atoms with Crippen molar-refractivity contribution < 1.29 is 18.7 Å². The first-order chi connectivity index (χ1) is 15.2. The lowest BCUT2D eigenvalue weighted by Gasteiger charge is -2.13. The van der Waals surface area contributed by atoms with E-state index in [4.69, 9.17) is 13.9 Å². The van der Waals surface area contributed by atoms with Crippen molar-refractivity contribution in [3.05, 3.63) is 95.9 Å². The monoisotopic (exact) mass is 414 g/mol. The molecule has 0 aliphatic rings. The number of hydrazone groups is 1. The van der Waals surface area contributed by atoms with E-state index in [-0.39, 0.29) is 5.76 Å². The minimum Gasteiger partial charge on any atom is -0.490 e. The number of nitrogens with one attached hydrogen (secondary N) is 1. The molecule has 1 amide bonds. The van der Waals surface area contributed by atoms with Gasteiger partial charge in [-0.05, 0) is 59.2 Å². The fourth-order valence-corrected chi connectivity index (χ4v) is 3.19. The molecule has 0 saturated carbocycles. The van der Waals surface area contributed by atoms with E-state index in [2.05, 4.69) is 34.8 Å². The summed E-state index contributed by atoms with van der Waals surface area (Å²) < 4.78 is 16.9. The maximum absolute atomic E-state index is 11.9. The predicted octanol–water partition coefficient (Wildman–Crippen LogP) is 5.17. The van der Waals surface area contributed by atoms with Crippen LogP contribution in [0, 0.1) is 0 Å². The molecule has 0 fully saturated rings. The van der Waals surface area contributed by atoms with Gasteiger partial charge in [0.05, 0.1) is 19.1 Å². The van der Waals surface area contributed by atoms with Gasteiger partial charge >= 0.3 is 5.91 Å². The third-order valence-corrected chi connectivity index (χ3v) is 4.66. The van der Waals surface area contributed by atoms with Gasteiger partial charge in [-0.15, -0.1) is 0 Å². The smallest absolute Gasteiger partial charge is 0.307 e. The Balaban J connectivity index is 1.46. The van der Waals surface area contributed by atoms with Crippen molar-refractivity contribution in [1.29, 1.82) is 0 Å². The Kier molecular flexibility index (Phi) is 6.28. The fraction of sp³-hybridized carbons (Fsp3) is 0.120. The fourth-order valence-electron chi connectivity index (χ4n) is 3.19. The van der Waals surface area contributed by atoms with Crippen molar-refractivity contribution in [2.45, 2.75) is 13.5 Å². The van der Waals surface area contributed by atoms with Crippen LogP contribution in [0.4, 0.5) is 0 Å². The van der Waals surface area contributed by atoms with Crippen molar-refractivity contribution in [2.24, 2.45) is 5.10 Å². The lowest BCUT2D eigenvalue weighted by molar-refractivity contribution is 0.0927. The number of carbonyl (C=O) groups is 1. The van der Waals surface area contributed by atoms with Crippen LogP contribution in [0.25, 0.3) is 10.8 Å². The zero-order valence-corrected chi connectivity index (χ0v) is 17.1. The number of furan rings is 1. The third kappa shape index (κ3) is 4.93.